The first-order valence-electron chi connectivity index (χ1n) is 15.9. The van der Waals surface area contributed by atoms with Gasteiger partial charge in [-0.1, -0.05) is 72.2 Å². The fourth-order valence-corrected chi connectivity index (χ4v) is 7.00. The Morgan fingerprint density at radius 3 is 2.22 bits per heavy atom. The van der Waals surface area contributed by atoms with Crippen LogP contribution in [0.2, 0.25) is 0 Å². The van der Waals surface area contributed by atoms with E-state index in [4.69, 9.17) is 25.8 Å². The first-order chi connectivity index (χ1) is 21.1. The van der Waals surface area contributed by atoms with Gasteiger partial charge in [0.15, 0.2) is 11.5 Å². The first kappa shape index (κ1) is 32.6. The van der Waals surface area contributed by atoms with E-state index in [-0.39, 0.29) is 51.5 Å². The van der Waals surface area contributed by atoms with Gasteiger partial charge >= 0.3 is 12.1 Å². The standard InChI is InChI=1S/C35H47N5O5/c1-20-11-12-23(22(3)17-20)29-37-30-26(27(36-10)31(40(30)38-29)45-33(42)39-13-15-43-16-14-39)32(41)44-28-24(34(4,5)6)18-21(2)19-25(28)35(7,8)9/h11-12,17,21,24-25,28H,13-16,18-19H2,1-9H3,(H,37,38). The molecular weight excluding hydrogens is 570 g/mol. The molecule has 1 saturated carbocycles. The van der Waals surface area contributed by atoms with Crippen LogP contribution in [-0.4, -0.2) is 64.0 Å². The van der Waals surface area contributed by atoms with E-state index >= 15 is 0 Å². The molecule has 2 aliphatic rings. The van der Waals surface area contributed by atoms with Gasteiger partial charge in [-0.2, -0.15) is 0 Å². The van der Waals surface area contributed by atoms with Crippen molar-refractivity contribution in [2.45, 2.75) is 81.3 Å². The van der Waals surface area contributed by atoms with E-state index in [1.54, 1.807) is 0 Å². The Bertz CT molecular complexity index is 1600. The number of aromatic amines is 1. The molecule has 2 unspecified atom stereocenters. The molecule has 0 radical (unpaired) electrons. The van der Waals surface area contributed by atoms with E-state index in [9.17, 15) is 9.59 Å². The summed E-state index contributed by atoms with van der Waals surface area (Å²) in [4.78, 5) is 37.7. The number of ether oxygens (including phenoxy) is 3. The van der Waals surface area contributed by atoms with Crippen molar-refractivity contribution in [1.29, 1.82) is 0 Å². The second kappa shape index (κ2) is 12.2. The van der Waals surface area contributed by atoms with E-state index in [0.29, 0.717) is 38.0 Å². The van der Waals surface area contributed by atoms with Gasteiger partial charge in [-0.25, -0.2) is 23.9 Å². The summed E-state index contributed by atoms with van der Waals surface area (Å²) in [6, 6.07) is 6.00. The third-order valence-electron chi connectivity index (χ3n) is 9.49. The van der Waals surface area contributed by atoms with E-state index in [2.05, 4.69) is 64.5 Å². The van der Waals surface area contributed by atoms with Gasteiger partial charge in [-0.05, 0) is 49.0 Å². The molecule has 45 heavy (non-hydrogen) atoms. The number of rotatable bonds is 4. The molecule has 242 valence electrons. The van der Waals surface area contributed by atoms with Gasteiger partial charge in [0, 0.05) is 30.5 Å². The Morgan fingerprint density at radius 2 is 1.67 bits per heavy atom. The van der Waals surface area contributed by atoms with Crippen molar-refractivity contribution >= 4 is 23.4 Å². The molecule has 2 fully saturated rings. The number of H-pyrrole nitrogens is 1. The number of fused-ring (bicyclic) bond motifs is 1. The zero-order valence-corrected chi connectivity index (χ0v) is 28.1. The Hall–Kier alpha value is -3.84. The van der Waals surface area contributed by atoms with Crippen LogP contribution in [-0.2, 0) is 9.47 Å². The van der Waals surface area contributed by atoms with Crippen LogP contribution >= 0.6 is 0 Å². The molecule has 0 spiro atoms. The molecule has 1 saturated heterocycles. The maximum Gasteiger partial charge on any atom is 0.415 e. The van der Waals surface area contributed by atoms with Crippen LogP contribution in [0.3, 0.4) is 0 Å². The number of esters is 1. The largest absolute Gasteiger partial charge is 0.459 e. The minimum Gasteiger partial charge on any atom is -0.459 e. The fourth-order valence-electron chi connectivity index (χ4n) is 7.00. The molecule has 5 rings (SSSR count). The third-order valence-corrected chi connectivity index (χ3v) is 9.49. The fraction of sp³-hybridized carbons (Fsp3) is 0.600. The number of amides is 1. The summed E-state index contributed by atoms with van der Waals surface area (Å²) >= 11 is 0. The van der Waals surface area contributed by atoms with Crippen LogP contribution in [0.1, 0.15) is 82.8 Å². The molecule has 1 amide bonds. The normalized spacial score (nSPS) is 22.7. The van der Waals surface area contributed by atoms with Gasteiger partial charge in [0.25, 0.3) is 5.69 Å². The molecule has 1 aromatic carbocycles. The Morgan fingerprint density at radius 1 is 1.04 bits per heavy atom. The summed E-state index contributed by atoms with van der Waals surface area (Å²) in [6.07, 6.45) is 0.902. The van der Waals surface area contributed by atoms with Crippen LogP contribution in [0.5, 0.6) is 5.88 Å². The molecule has 1 N–H and O–H groups in total. The van der Waals surface area contributed by atoms with Crippen LogP contribution in [0.15, 0.2) is 18.2 Å². The molecule has 3 aromatic rings. The van der Waals surface area contributed by atoms with Gasteiger partial charge in [0.2, 0.25) is 5.88 Å². The summed E-state index contributed by atoms with van der Waals surface area (Å²) < 4.78 is 19.2. The van der Waals surface area contributed by atoms with E-state index < -0.39 is 12.1 Å². The SMILES string of the molecule is [C-]#[N+]c1c(C(=O)OC2C(C(C)(C)C)CC(C)CC2C(C)(C)C)c2nc(-c3ccc(C)cc3C)[nH]n2c1OC(=O)N1CCOCC1. The molecule has 2 atom stereocenters. The van der Waals surface area contributed by atoms with Gasteiger partial charge < -0.3 is 19.1 Å². The number of nitrogens with zero attached hydrogens (tertiary/aromatic N) is 4. The monoisotopic (exact) mass is 617 g/mol. The Labute approximate surface area is 266 Å². The van der Waals surface area contributed by atoms with Crippen molar-refractivity contribution in [3.05, 3.63) is 46.3 Å². The molecule has 10 heteroatoms. The minimum atomic E-state index is -0.631. The molecule has 1 aliphatic heterocycles. The molecule has 1 aliphatic carbocycles. The maximum atomic E-state index is 14.4. The molecule has 10 nitrogen and oxygen atoms in total. The average molecular weight is 618 g/mol. The maximum absolute atomic E-state index is 14.4. The van der Waals surface area contributed by atoms with Crippen molar-refractivity contribution in [2.75, 3.05) is 26.3 Å². The van der Waals surface area contributed by atoms with Gasteiger partial charge in [0.1, 0.15) is 11.7 Å². The number of carbonyl (C=O) groups excluding carboxylic acids is 2. The van der Waals surface area contributed by atoms with Crippen molar-refractivity contribution < 1.29 is 23.8 Å². The highest BCUT2D eigenvalue weighted by Gasteiger charge is 2.48. The van der Waals surface area contributed by atoms with Crippen molar-refractivity contribution in [3.63, 3.8) is 0 Å². The molecule has 2 aromatic heterocycles. The lowest BCUT2D eigenvalue weighted by Gasteiger charge is -2.50. The number of aryl methyl sites for hydroxylation is 2. The zero-order valence-electron chi connectivity index (χ0n) is 28.1. The van der Waals surface area contributed by atoms with Gasteiger partial charge in [-0.15, -0.1) is 0 Å². The molecule has 0 bridgehead atoms. The van der Waals surface area contributed by atoms with Crippen LogP contribution < -0.4 is 4.74 Å². The second-order valence-corrected chi connectivity index (χ2v) is 15.0. The number of hydrogen-bond acceptors (Lipinski definition) is 6. The smallest absolute Gasteiger partial charge is 0.415 e. The number of hydrogen-bond donors (Lipinski definition) is 1. The Kier molecular flexibility index (Phi) is 8.80. The first-order valence-corrected chi connectivity index (χ1v) is 15.9. The Balaban J connectivity index is 1.63. The zero-order chi connectivity index (χ0) is 32.8. The molecule has 3 heterocycles. The van der Waals surface area contributed by atoms with Crippen LogP contribution in [0.25, 0.3) is 21.9 Å². The summed E-state index contributed by atoms with van der Waals surface area (Å²) in [5, 5.41) is 3.21. The number of carbonyl (C=O) groups is 2. The van der Waals surface area contributed by atoms with E-state index in [0.717, 1.165) is 29.5 Å². The van der Waals surface area contributed by atoms with Crippen LogP contribution in [0.4, 0.5) is 10.5 Å². The summed E-state index contributed by atoms with van der Waals surface area (Å²) in [5.74, 6) is 0.507. The third kappa shape index (κ3) is 6.46. The highest BCUT2D eigenvalue weighted by molar-refractivity contribution is 6.05. The number of benzene rings is 1. The number of nitrogens with one attached hydrogen (secondary N) is 1. The quantitative estimate of drug-likeness (QED) is 0.239. The van der Waals surface area contributed by atoms with E-state index in [1.165, 1.54) is 9.42 Å². The molecular formula is C35H47N5O5. The van der Waals surface area contributed by atoms with Crippen molar-refractivity contribution in [1.82, 2.24) is 19.5 Å². The van der Waals surface area contributed by atoms with Crippen molar-refractivity contribution in [2.24, 2.45) is 28.6 Å². The lowest BCUT2D eigenvalue weighted by Crippen LogP contribution is -2.49. The summed E-state index contributed by atoms with van der Waals surface area (Å²) in [5.41, 5.74) is 2.81. The van der Waals surface area contributed by atoms with Gasteiger partial charge in [-0.3, -0.25) is 5.10 Å². The predicted molar refractivity (Wildman–Crippen MR) is 173 cm³/mol. The number of morpholine rings is 1. The highest BCUT2D eigenvalue weighted by Crippen LogP contribution is 2.50. The highest BCUT2D eigenvalue weighted by atomic mass is 16.6. The van der Waals surface area contributed by atoms with Crippen LogP contribution in [0, 0.1) is 49.0 Å². The minimum absolute atomic E-state index is 0.000910. The topological polar surface area (TPSA) is 103 Å². The lowest BCUT2D eigenvalue weighted by atomic mass is 9.59. The predicted octanol–water partition coefficient (Wildman–Crippen LogP) is 7.61. The van der Waals surface area contributed by atoms with E-state index in [1.807, 2.05) is 26.0 Å². The summed E-state index contributed by atoms with van der Waals surface area (Å²) in [7, 11) is 0. The lowest BCUT2D eigenvalue weighted by molar-refractivity contribution is -0.0922. The number of aromatic nitrogens is 3. The summed E-state index contributed by atoms with van der Waals surface area (Å²) in [6.45, 7) is 29.1. The van der Waals surface area contributed by atoms with Crippen molar-refractivity contribution in [3.8, 4) is 17.3 Å². The average Bonchev–Trinajstić information content (AvgIpc) is 3.50. The van der Waals surface area contributed by atoms with Gasteiger partial charge in [0.05, 0.1) is 19.8 Å². The second-order valence-electron chi connectivity index (χ2n) is 15.0.